The first-order valence-corrected chi connectivity index (χ1v) is 7.37. The molecule has 0 heterocycles. The van der Waals surface area contributed by atoms with Gasteiger partial charge in [-0.1, -0.05) is 17.7 Å². The maximum atomic E-state index is 12.8. The fraction of sp³-hybridized carbons (Fsp3) is 0.278. The molecule has 0 spiro atoms. The van der Waals surface area contributed by atoms with Crippen LogP contribution >= 0.6 is 0 Å². The minimum absolute atomic E-state index is 0.101. The van der Waals surface area contributed by atoms with Gasteiger partial charge in [0.1, 0.15) is 17.3 Å². The Balaban J connectivity index is 1.76. The monoisotopic (exact) mass is 317 g/mol. The maximum absolute atomic E-state index is 12.8. The maximum Gasteiger partial charge on any atom is 0.257 e. The number of nitrogens with one attached hydrogen (secondary N) is 1. The van der Waals surface area contributed by atoms with Gasteiger partial charge in [-0.3, -0.25) is 4.79 Å². The zero-order valence-electron chi connectivity index (χ0n) is 13.3. The first-order valence-electron chi connectivity index (χ1n) is 7.37. The van der Waals surface area contributed by atoms with E-state index in [1.165, 1.54) is 24.3 Å². The molecule has 4 nitrogen and oxygen atoms in total. The third-order valence-electron chi connectivity index (χ3n) is 3.34. The summed E-state index contributed by atoms with van der Waals surface area (Å²) in [5.74, 6) is 0.712. The van der Waals surface area contributed by atoms with Crippen LogP contribution in [-0.4, -0.2) is 26.2 Å². The Hall–Kier alpha value is -2.56. The number of carbonyl (C=O) groups excluding carboxylic acids is 1. The zero-order chi connectivity index (χ0) is 16.7. The lowest BCUT2D eigenvalue weighted by molar-refractivity contribution is -0.123. The van der Waals surface area contributed by atoms with E-state index in [1.54, 1.807) is 7.11 Å². The van der Waals surface area contributed by atoms with E-state index in [2.05, 4.69) is 5.32 Å². The topological polar surface area (TPSA) is 47.6 Å². The second-order valence-corrected chi connectivity index (χ2v) is 5.16. The summed E-state index contributed by atoms with van der Waals surface area (Å²) >= 11 is 0. The average molecular weight is 317 g/mol. The Morgan fingerprint density at radius 3 is 2.61 bits per heavy atom. The Morgan fingerprint density at radius 2 is 1.91 bits per heavy atom. The van der Waals surface area contributed by atoms with Gasteiger partial charge in [-0.25, -0.2) is 4.39 Å². The number of hydrogen-bond donors (Lipinski definition) is 1. The molecule has 2 aromatic carbocycles. The SMILES string of the molecule is COc1ccc(C)cc1CCNC(=O)COc1ccc(F)cc1. The lowest BCUT2D eigenvalue weighted by Gasteiger charge is -2.11. The standard InChI is InChI=1S/C18H20FNO3/c1-13-3-8-17(22-2)14(11-13)9-10-20-18(21)12-23-16-6-4-15(19)5-7-16/h3-8,11H,9-10,12H2,1-2H3,(H,20,21). The van der Waals surface area contributed by atoms with Gasteiger partial charge in [0.05, 0.1) is 7.11 Å². The molecule has 0 aliphatic carbocycles. The van der Waals surface area contributed by atoms with E-state index in [9.17, 15) is 9.18 Å². The number of aryl methyl sites for hydroxylation is 1. The van der Waals surface area contributed by atoms with Gasteiger partial charge in [-0.15, -0.1) is 0 Å². The Kier molecular flexibility index (Phi) is 5.97. The Morgan fingerprint density at radius 1 is 1.17 bits per heavy atom. The molecule has 0 saturated carbocycles. The number of methoxy groups -OCH3 is 1. The van der Waals surface area contributed by atoms with E-state index in [0.29, 0.717) is 18.7 Å². The molecule has 0 fully saturated rings. The number of amides is 1. The molecule has 0 atom stereocenters. The molecular weight excluding hydrogens is 297 g/mol. The molecule has 5 heteroatoms. The summed E-state index contributed by atoms with van der Waals surface area (Å²) in [6.07, 6.45) is 0.674. The van der Waals surface area contributed by atoms with Crippen molar-refractivity contribution in [2.24, 2.45) is 0 Å². The summed E-state index contributed by atoms with van der Waals surface area (Å²) in [6, 6.07) is 11.5. The fourth-order valence-electron chi connectivity index (χ4n) is 2.17. The summed E-state index contributed by atoms with van der Waals surface area (Å²) in [4.78, 5) is 11.8. The molecular formula is C18H20FNO3. The van der Waals surface area contributed by atoms with Gasteiger partial charge in [-0.2, -0.15) is 0 Å². The van der Waals surface area contributed by atoms with Gasteiger partial charge in [0.15, 0.2) is 6.61 Å². The fourth-order valence-corrected chi connectivity index (χ4v) is 2.17. The minimum Gasteiger partial charge on any atom is -0.496 e. The number of benzene rings is 2. The van der Waals surface area contributed by atoms with Gasteiger partial charge in [-0.05, 0) is 49.2 Å². The van der Waals surface area contributed by atoms with E-state index >= 15 is 0 Å². The van der Waals surface area contributed by atoms with Crippen LogP contribution < -0.4 is 14.8 Å². The molecule has 1 N–H and O–H groups in total. The molecule has 2 aromatic rings. The highest BCUT2D eigenvalue weighted by Gasteiger charge is 2.06. The Bertz CT molecular complexity index is 656. The molecule has 0 bridgehead atoms. The molecule has 23 heavy (non-hydrogen) atoms. The van der Waals surface area contributed by atoms with Crippen LogP contribution in [0.5, 0.6) is 11.5 Å². The van der Waals surface area contributed by atoms with Gasteiger partial charge in [0, 0.05) is 6.54 Å². The highest BCUT2D eigenvalue weighted by Crippen LogP contribution is 2.19. The number of halogens is 1. The van der Waals surface area contributed by atoms with Crippen molar-refractivity contribution in [1.82, 2.24) is 5.32 Å². The van der Waals surface area contributed by atoms with E-state index in [4.69, 9.17) is 9.47 Å². The predicted octanol–water partition coefficient (Wildman–Crippen LogP) is 2.88. The summed E-state index contributed by atoms with van der Waals surface area (Å²) in [5, 5.41) is 2.79. The highest BCUT2D eigenvalue weighted by molar-refractivity contribution is 5.77. The van der Waals surface area contributed by atoms with Gasteiger partial charge in [0.25, 0.3) is 5.91 Å². The van der Waals surface area contributed by atoms with Crippen LogP contribution in [-0.2, 0) is 11.2 Å². The Labute approximate surface area is 135 Å². The van der Waals surface area contributed by atoms with Crippen LogP contribution in [0.15, 0.2) is 42.5 Å². The van der Waals surface area contributed by atoms with Crippen molar-refractivity contribution in [1.29, 1.82) is 0 Å². The molecule has 0 aliphatic heterocycles. The van der Waals surface area contributed by atoms with Crippen molar-refractivity contribution in [3.8, 4) is 11.5 Å². The van der Waals surface area contributed by atoms with Crippen molar-refractivity contribution < 1.29 is 18.7 Å². The number of carbonyl (C=O) groups is 1. The van der Waals surface area contributed by atoms with Crippen LogP contribution in [0.4, 0.5) is 4.39 Å². The van der Waals surface area contributed by atoms with Crippen molar-refractivity contribution in [3.63, 3.8) is 0 Å². The molecule has 0 aromatic heterocycles. The van der Waals surface area contributed by atoms with E-state index in [0.717, 1.165) is 16.9 Å². The van der Waals surface area contributed by atoms with Crippen LogP contribution in [0.1, 0.15) is 11.1 Å². The number of rotatable bonds is 7. The zero-order valence-corrected chi connectivity index (χ0v) is 13.3. The van der Waals surface area contributed by atoms with E-state index in [1.807, 2.05) is 25.1 Å². The van der Waals surface area contributed by atoms with Gasteiger partial charge >= 0.3 is 0 Å². The summed E-state index contributed by atoms with van der Waals surface area (Å²) in [7, 11) is 1.63. The van der Waals surface area contributed by atoms with Crippen molar-refractivity contribution in [2.75, 3.05) is 20.3 Å². The van der Waals surface area contributed by atoms with E-state index in [-0.39, 0.29) is 18.3 Å². The summed E-state index contributed by atoms with van der Waals surface area (Å²) < 4.78 is 23.3. The highest BCUT2D eigenvalue weighted by atomic mass is 19.1. The third kappa shape index (κ3) is 5.29. The summed E-state index contributed by atoms with van der Waals surface area (Å²) in [5.41, 5.74) is 2.19. The molecule has 0 aliphatic rings. The smallest absolute Gasteiger partial charge is 0.257 e. The minimum atomic E-state index is -0.339. The summed E-state index contributed by atoms with van der Waals surface area (Å²) in [6.45, 7) is 2.40. The molecule has 0 saturated heterocycles. The molecule has 122 valence electrons. The number of ether oxygens (including phenoxy) is 2. The van der Waals surface area contributed by atoms with Crippen molar-refractivity contribution in [2.45, 2.75) is 13.3 Å². The quantitative estimate of drug-likeness (QED) is 0.854. The lowest BCUT2D eigenvalue weighted by Crippen LogP contribution is -2.30. The second-order valence-electron chi connectivity index (χ2n) is 5.16. The largest absolute Gasteiger partial charge is 0.496 e. The molecule has 0 radical (unpaired) electrons. The van der Waals surface area contributed by atoms with Gasteiger partial charge in [0.2, 0.25) is 0 Å². The van der Waals surface area contributed by atoms with E-state index < -0.39 is 0 Å². The third-order valence-corrected chi connectivity index (χ3v) is 3.34. The predicted molar refractivity (Wildman–Crippen MR) is 86.3 cm³/mol. The molecule has 0 unspecified atom stereocenters. The average Bonchev–Trinajstić information content (AvgIpc) is 2.54. The molecule has 2 rings (SSSR count). The first kappa shape index (κ1) is 16.8. The van der Waals surface area contributed by atoms with Crippen molar-refractivity contribution >= 4 is 5.91 Å². The van der Waals surface area contributed by atoms with Crippen LogP contribution in [0.3, 0.4) is 0 Å². The van der Waals surface area contributed by atoms with Gasteiger partial charge < -0.3 is 14.8 Å². The lowest BCUT2D eigenvalue weighted by atomic mass is 10.1. The number of hydrogen-bond acceptors (Lipinski definition) is 3. The normalized spacial score (nSPS) is 10.2. The molecule has 1 amide bonds. The second kappa shape index (κ2) is 8.17. The van der Waals surface area contributed by atoms with Crippen molar-refractivity contribution in [3.05, 3.63) is 59.4 Å². The van der Waals surface area contributed by atoms with Crippen LogP contribution in [0, 0.1) is 12.7 Å². The van der Waals surface area contributed by atoms with Crippen LogP contribution in [0.25, 0.3) is 0 Å². The first-order chi connectivity index (χ1) is 11.1. The van der Waals surface area contributed by atoms with Crippen LogP contribution in [0.2, 0.25) is 0 Å².